The maximum Gasteiger partial charge on any atom is 0.189 e. The normalized spacial score (nSPS) is 23.2. The van der Waals surface area contributed by atoms with Crippen molar-refractivity contribution in [3.8, 4) is 0 Å². The summed E-state index contributed by atoms with van der Waals surface area (Å²) in [7, 11) is 0. The van der Waals surface area contributed by atoms with E-state index >= 15 is 0 Å². The molecule has 2 aromatic rings. The molecule has 2 heterocycles. The Kier molecular flexibility index (Phi) is 3.22. The van der Waals surface area contributed by atoms with Gasteiger partial charge in [0, 0.05) is 48.5 Å². The first kappa shape index (κ1) is 13.1. The Morgan fingerprint density at radius 3 is 2.60 bits per heavy atom. The van der Waals surface area contributed by atoms with Gasteiger partial charge in [0.25, 0.3) is 0 Å². The first-order chi connectivity index (χ1) is 9.54. The molecule has 1 N–H and O–H groups in total. The fourth-order valence-electron chi connectivity index (χ4n) is 2.94. The van der Waals surface area contributed by atoms with Crippen molar-refractivity contribution in [3.05, 3.63) is 40.7 Å². The molecule has 1 aliphatic heterocycles. The van der Waals surface area contributed by atoms with Crippen LogP contribution in [0.2, 0.25) is 0 Å². The third-order valence-electron chi connectivity index (χ3n) is 3.76. The lowest BCUT2D eigenvalue weighted by atomic mass is 10.1. The minimum atomic E-state index is -0.150. The molecule has 2 atom stereocenters. The van der Waals surface area contributed by atoms with Crippen LogP contribution in [0.25, 0.3) is 10.9 Å². The van der Waals surface area contributed by atoms with Gasteiger partial charge in [0.05, 0.1) is 5.52 Å². The summed E-state index contributed by atoms with van der Waals surface area (Å²) in [6, 6.07) is 7.38. The van der Waals surface area contributed by atoms with Gasteiger partial charge >= 0.3 is 0 Å². The lowest BCUT2D eigenvalue weighted by molar-refractivity contribution is 0.384. The standard InChI is InChI=1S/C15H18FN3O/c1-10-8-18(9-11(2)17-10)12-3-4-13-14(7-12)19(16)6-5-15(13)20/h3-7,10-11,17H,8-9H2,1-2H3. The second-order valence-electron chi connectivity index (χ2n) is 5.57. The molecule has 2 unspecified atom stereocenters. The van der Waals surface area contributed by atoms with E-state index in [9.17, 15) is 9.28 Å². The van der Waals surface area contributed by atoms with Crippen LogP contribution in [0.15, 0.2) is 35.3 Å². The summed E-state index contributed by atoms with van der Waals surface area (Å²) in [5, 5.41) is 3.88. The predicted octanol–water partition coefficient (Wildman–Crippen LogP) is 1.92. The molecule has 3 rings (SSSR count). The first-order valence-corrected chi connectivity index (χ1v) is 6.87. The Bertz CT molecular complexity index is 687. The number of hydrogen-bond donors (Lipinski definition) is 1. The Hall–Kier alpha value is -1.88. The van der Waals surface area contributed by atoms with E-state index in [0.717, 1.165) is 25.0 Å². The molecule has 0 spiro atoms. The predicted molar refractivity (Wildman–Crippen MR) is 79.0 cm³/mol. The van der Waals surface area contributed by atoms with Crippen molar-refractivity contribution in [3.63, 3.8) is 0 Å². The quantitative estimate of drug-likeness (QED) is 0.864. The Morgan fingerprint density at radius 1 is 1.20 bits per heavy atom. The second-order valence-corrected chi connectivity index (χ2v) is 5.57. The number of piperazine rings is 1. The molecule has 4 nitrogen and oxygen atoms in total. The zero-order valence-corrected chi connectivity index (χ0v) is 11.6. The number of nitrogens with zero attached hydrogens (tertiary/aromatic N) is 2. The van der Waals surface area contributed by atoms with E-state index in [2.05, 4.69) is 24.1 Å². The van der Waals surface area contributed by atoms with Crippen molar-refractivity contribution in [2.75, 3.05) is 18.0 Å². The first-order valence-electron chi connectivity index (χ1n) is 6.87. The smallest absolute Gasteiger partial charge is 0.189 e. The lowest BCUT2D eigenvalue weighted by Crippen LogP contribution is -2.54. The molecule has 0 radical (unpaired) electrons. The van der Waals surface area contributed by atoms with E-state index in [1.807, 2.05) is 6.07 Å². The third kappa shape index (κ3) is 2.29. The number of fused-ring (bicyclic) bond motifs is 1. The second kappa shape index (κ2) is 4.90. The molecule has 0 bridgehead atoms. The summed E-state index contributed by atoms with van der Waals surface area (Å²) in [4.78, 5) is 14.5. The van der Waals surface area contributed by atoms with Gasteiger partial charge in [-0.05, 0) is 32.0 Å². The van der Waals surface area contributed by atoms with Crippen LogP contribution in [0.1, 0.15) is 13.8 Å². The van der Waals surface area contributed by atoms with Gasteiger partial charge in [-0.2, -0.15) is 4.79 Å². The number of nitrogens with one attached hydrogen (secondary N) is 1. The molecule has 5 heteroatoms. The largest absolute Gasteiger partial charge is 0.368 e. The number of anilines is 1. The van der Waals surface area contributed by atoms with Crippen LogP contribution < -0.4 is 15.6 Å². The molecule has 0 aliphatic carbocycles. The summed E-state index contributed by atoms with van der Waals surface area (Å²) in [5.74, 6) is 0. The number of benzene rings is 1. The van der Waals surface area contributed by atoms with E-state index in [1.54, 1.807) is 12.1 Å². The van der Waals surface area contributed by atoms with Gasteiger partial charge in [-0.25, -0.2) is 0 Å². The topological polar surface area (TPSA) is 37.3 Å². The monoisotopic (exact) mass is 275 g/mol. The van der Waals surface area contributed by atoms with E-state index in [0.29, 0.717) is 27.8 Å². The SMILES string of the molecule is CC1CN(c2ccc3c(=O)ccn(F)c3c2)CC(C)N1. The minimum Gasteiger partial charge on any atom is -0.368 e. The highest BCUT2D eigenvalue weighted by Crippen LogP contribution is 2.22. The van der Waals surface area contributed by atoms with E-state index < -0.39 is 0 Å². The highest BCUT2D eigenvalue weighted by molar-refractivity contribution is 5.82. The van der Waals surface area contributed by atoms with Gasteiger partial charge in [-0.15, -0.1) is 0 Å². The Morgan fingerprint density at radius 2 is 1.90 bits per heavy atom. The van der Waals surface area contributed by atoms with Crippen LogP contribution >= 0.6 is 0 Å². The molecule has 1 aromatic heterocycles. The van der Waals surface area contributed by atoms with Crippen molar-refractivity contribution in [1.82, 2.24) is 10.1 Å². The van der Waals surface area contributed by atoms with Crippen molar-refractivity contribution in [1.29, 1.82) is 0 Å². The Labute approximate surface area is 116 Å². The average Bonchev–Trinajstić information content (AvgIpc) is 2.42. The molecule has 1 aliphatic rings. The van der Waals surface area contributed by atoms with Crippen LogP contribution in [0.3, 0.4) is 0 Å². The van der Waals surface area contributed by atoms with Crippen molar-refractivity contribution in [2.24, 2.45) is 0 Å². The number of hydrogen-bond acceptors (Lipinski definition) is 3. The van der Waals surface area contributed by atoms with E-state index in [1.165, 1.54) is 6.07 Å². The van der Waals surface area contributed by atoms with Gasteiger partial charge in [0.15, 0.2) is 5.43 Å². The molecule has 106 valence electrons. The third-order valence-corrected chi connectivity index (χ3v) is 3.76. The number of pyridine rings is 1. The Balaban J connectivity index is 2.05. The average molecular weight is 275 g/mol. The van der Waals surface area contributed by atoms with Crippen LogP contribution in [-0.4, -0.2) is 30.0 Å². The summed E-state index contributed by atoms with van der Waals surface area (Å²) >= 11 is 0. The lowest BCUT2D eigenvalue weighted by Gasteiger charge is -2.37. The van der Waals surface area contributed by atoms with Crippen LogP contribution in [-0.2, 0) is 0 Å². The van der Waals surface area contributed by atoms with Gasteiger partial charge in [0.2, 0.25) is 0 Å². The van der Waals surface area contributed by atoms with E-state index in [4.69, 9.17) is 0 Å². The van der Waals surface area contributed by atoms with Crippen LogP contribution in [0.5, 0.6) is 0 Å². The molecule has 1 saturated heterocycles. The van der Waals surface area contributed by atoms with Gasteiger partial charge in [-0.3, -0.25) is 4.79 Å². The summed E-state index contributed by atoms with van der Waals surface area (Å²) in [6.07, 6.45) is 1.16. The van der Waals surface area contributed by atoms with Gasteiger partial charge in [-0.1, -0.05) is 4.48 Å². The van der Waals surface area contributed by atoms with Crippen LogP contribution in [0, 0.1) is 0 Å². The molecule has 0 saturated carbocycles. The maximum absolute atomic E-state index is 13.8. The van der Waals surface area contributed by atoms with Gasteiger partial charge in [0.1, 0.15) is 0 Å². The molecule has 1 fully saturated rings. The summed E-state index contributed by atoms with van der Waals surface area (Å²) in [6.45, 7) is 6.02. The molecule has 0 amide bonds. The summed E-state index contributed by atoms with van der Waals surface area (Å²) in [5.41, 5.74) is 1.13. The molecule has 20 heavy (non-hydrogen) atoms. The fraction of sp³-hybridized carbons (Fsp3) is 0.400. The maximum atomic E-state index is 13.8. The number of halogens is 1. The van der Waals surface area contributed by atoms with Crippen molar-refractivity contribution in [2.45, 2.75) is 25.9 Å². The highest BCUT2D eigenvalue weighted by atomic mass is 19.2. The fourth-order valence-corrected chi connectivity index (χ4v) is 2.94. The van der Waals surface area contributed by atoms with E-state index in [-0.39, 0.29) is 5.43 Å². The van der Waals surface area contributed by atoms with Crippen molar-refractivity contribution < 1.29 is 4.48 Å². The minimum absolute atomic E-state index is 0.150. The number of rotatable bonds is 1. The summed E-state index contributed by atoms with van der Waals surface area (Å²) < 4.78 is 13.8. The van der Waals surface area contributed by atoms with Crippen molar-refractivity contribution >= 4 is 16.6 Å². The van der Waals surface area contributed by atoms with Gasteiger partial charge < -0.3 is 10.2 Å². The zero-order valence-electron chi connectivity index (χ0n) is 11.6. The molecule has 1 aromatic carbocycles. The molecular formula is C15H18FN3O. The number of aromatic nitrogens is 1. The molecular weight excluding hydrogens is 257 g/mol. The highest BCUT2D eigenvalue weighted by Gasteiger charge is 2.21. The van der Waals surface area contributed by atoms with Crippen LogP contribution in [0.4, 0.5) is 10.2 Å². The zero-order chi connectivity index (χ0) is 14.3.